The normalized spacial score (nSPS) is 14.5. The van der Waals surface area contributed by atoms with Crippen molar-refractivity contribution in [3.05, 3.63) is 88.9 Å². The highest BCUT2D eigenvalue weighted by atomic mass is 79.9. The molecular weight excluding hydrogens is 618 g/mol. The molecule has 1 fully saturated rings. The van der Waals surface area contributed by atoms with E-state index in [0.717, 1.165) is 46.4 Å². The van der Waals surface area contributed by atoms with Gasteiger partial charge in [-0.2, -0.15) is 0 Å². The number of amides is 2. The lowest BCUT2D eigenvalue weighted by atomic mass is 9.95. The molecule has 0 bridgehead atoms. The van der Waals surface area contributed by atoms with Crippen LogP contribution in [0.1, 0.15) is 51.5 Å². The number of para-hydroxylation sites is 2. The van der Waals surface area contributed by atoms with Gasteiger partial charge in [-0.25, -0.2) is 8.42 Å². The van der Waals surface area contributed by atoms with Gasteiger partial charge in [0.05, 0.1) is 17.2 Å². The highest BCUT2D eigenvalue weighted by Crippen LogP contribution is 2.33. The molecular formula is C32H38BrN3O5S. The number of nitrogens with one attached hydrogen (secondary N) is 1. The number of carbonyl (C=O) groups excluding carboxylic acids is 2. The summed E-state index contributed by atoms with van der Waals surface area (Å²) >= 11 is 3.48. The van der Waals surface area contributed by atoms with Crippen LogP contribution in [0.5, 0.6) is 5.75 Å². The third-order valence-electron chi connectivity index (χ3n) is 7.40. The lowest BCUT2D eigenvalue weighted by Gasteiger charge is -2.33. The van der Waals surface area contributed by atoms with E-state index in [-0.39, 0.29) is 29.1 Å². The summed E-state index contributed by atoms with van der Waals surface area (Å²) in [7, 11) is -4.17. The van der Waals surface area contributed by atoms with Crippen molar-refractivity contribution in [2.24, 2.45) is 0 Å². The van der Waals surface area contributed by atoms with Crippen molar-refractivity contribution < 1.29 is 22.7 Å². The summed E-state index contributed by atoms with van der Waals surface area (Å²) in [6, 6.07) is 21.5. The first-order valence-corrected chi connectivity index (χ1v) is 16.6. The first-order chi connectivity index (χ1) is 20.2. The van der Waals surface area contributed by atoms with E-state index in [1.165, 1.54) is 17.0 Å². The van der Waals surface area contributed by atoms with Gasteiger partial charge in [-0.05, 0) is 68.7 Å². The fourth-order valence-corrected chi connectivity index (χ4v) is 7.05. The second-order valence-corrected chi connectivity index (χ2v) is 13.2. The van der Waals surface area contributed by atoms with Gasteiger partial charge in [-0.15, -0.1) is 0 Å². The van der Waals surface area contributed by atoms with Crippen LogP contribution in [0, 0.1) is 0 Å². The second kappa shape index (κ2) is 14.7. The maximum Gasteiger partial charge on any atom is 0.264 e. The van der Waals surface area contributed by atoms with Gasteiger partial charge in [-0.3, -0.25) is 13.9 Å². The van der Waals surface area contributed by atoms with Gasteiger partial charge in [0.15, 0.2) is 0 Å². The van der Waals surface area contributed by atoms with E-state index < -0.39 is 28.5 Å². The van der Waals surface area contributed by atoms with Crippen LogP contribution in [0.15, 0.2) is 88.2 Å². The van der Waals surface area contributed by atoms with Gasteiger partial charge in [0, 0.05) is 17.1 Å². The summed E-state index contributed by atoms with van der Waals surface area (Å²) in [5, 5.41) is 3.12. The standard InChI is InChI=1S/C32H38BrN3O5S/c1-3-41-30-20-11-10-19-29(30)36(42(39,40)28-17-8-5-9-18-28)23-31(37)35(22-25-13-12-14-26(33)21-25)24(2)32(38)34-27-15-6-4-7-16-27/h5,8-14,17-21,24,27H,3-4,6-7,15-16,22-23H2,1-2H3,(H,34,38). The fraction of sp³-hybridized carbons (Fsp3) is 0.375. The first-order valence-electron chi connectivity index (χ1n) is 14.3. The summed E-state index contributed by atoms with van der Waals surface area (Å²) < 4.78 is 35.7. The predicted octanol–water partition coefficient (Wildman–Crippen LogP) is 5.91. The maximum absolute atomic E-state index is 14.2. The predicted molar refractivity (Wildman–Crippen MR) is 168 cm³/mol. The lowest BCUT2D eigenvalue weighted by molar-refractivity contribution is -0.139. The Balaban J connectivity index is 1.70. The Morgan fingerprint density at radius 2 is 1.67 bits per heavy atom. The van der Waals surface area contributed by atoms with Crippen LogP contribution in [-0.2, 0) is 26.2 Å². The monoisotopic (exact) mass is 655 g/mol. The average Bonchev–Trinajstić information content (AvgIpc) is 2.99. The fourth-order valence-electron chi connectivity index (χ4n) is 5.16. The molecule has 1 aliphatic carbocycles. The zero-order valence-electron chi connectivity index (χ0n) is 24.0. The molecule has 0 saturated heterocycles. The molecule has 1 N–H and O–H groups in total. The molecule has 2 amide bonds. The molecule has 42 heavy (non-hydrogen) atoms. The van der Waals surface area contributed by atoms with Crippen molar-refractivity contribution in [3.63, 3.8) is 0 Å². The Labute approximate surface area is 257 Å². The largest absolute Gasteiger partial charge is 0.492 e. The topological polar surface area (TPSA) is 96.0 Å². The van der Waals surface area contributed by atoms with Crippen LogP contribution in [0.4, 0.5) is 5.69 Å². The molecule has 10 heteroatoms. The summed E-state index contributed by atoms with van der Waals surface area (Å²) in [4.78, 5) is 29.2. The number of anilines is 1. The lowest BCUT2D eigenvalue weighted by Crippen LogP contribution is -2.53. The van der Waals surface area contributed by atoms with Crippen molar-refractivity contribution in [1.82, 2.24) is 10.2 Å². The van der Waals surface area contributed by atoms with E-state index in [9.17, 15) is 18.0 Å². The van der Waals surface area contributed by atoms with Gasteiger partial charge >= 0.3 is 0 Å². The minimum atomic E-state index is -4.17. The Kier molecular flexibility index (Phi) is 11.0. The Hall–Kier alpha value is -3.37. The molecule has 3 aromatic rings. The van der Waals surface area contributed by atoms with Crippen molar-refractivity contribution >= 4 is 43.5 Å². The molecule has 8 nitrogen and oxygen atoms in total. The highest BCUT2D eigenvalue weighted by Gasteiger charge is 2.34. The Bertz CT molecular complexity index is 1460. The molecule has 0 aromatic heterocycles. The van der Waals surface area contributed by atoms with E-state index in [0.29, 0.717) is 12.4 Å². The first kappa shape index (κ1) is 31.6. The molecule has 0 radical (unpaired) electrons. The molecule has 4 rings (SSSR count). The summed E-state index contributed by atoms with van der Waals surface area (Å²) in [6.07, 6.45) is 5.10. The van der Waals surface area contributed by atoms with Crippen LogP contribution in [0.25, 0.3) is 0 Å². The Morgan fingerprint density at radius 3 is 2.36 bits per heavy atom. The molecule has 3 aromatic carbocycles. The molecule has 1 atom stereocenters. The highest BCUT2D eigenvalue weighted by molar-refractivity contribution is 9.10. The van der Waals surface area contributed by atoms with Crippen LogP contribution in [0.3, 0.4) is 0 Å². The number of carbonyl (C=O) groups is 2. The number of ether oxygens (including phenoxy) is 1. The van der Waals surface area contributed by atoms with Crippen LogP contribution < -0.4 is 14.4 Å². The minimum absolute atomic E-state index is 0.0470. The molecule has 1 unspecified atom stereocenters. The second-order valence-electron chi connectivity index (χ2n) is 10.4. The molecule has 224 valence electrons. The quantitative estimate of drug-likeness (QED) is 0.262. The zero-order chi connectivity index (χ0) is 30.1. The SMILES string of the molecule is CCOc1ccccc1N(CC(=O)N(Cc1cccc(Br)c1)C(C)C(=O)NC1CCCCC1)S(=O)(=O)c1ccccc1. The van der Waals surface area contributed by atoms with Crippen molar-refractivity contribution in [1.29, 1.82) is 0 Å². The molecule has 0 spiro atoms. The third-order valence-corrected chi connectivity index (χ3v) is 9.67. The molecule has 0 aliphatic heterocycles. The number of halogens is 1. The summed E-state index contributed by atoms with van der Waals surface area (Å²) in [5.41, 5.74) is 1.06. The van der Waals surface area contributed by atoms with Gasteiger partial charge < -0.3 is 15.0 Å². The van der Waals surface area contributed by atoms with Crippen LogP contribution >= 0.6 is 15.9 Å². The molecule has 0 heterocycles. The number of hydrogen-bond donors (Lipinski definition) is 1. The van der Waals surface area contributed by atoms with Gasteiger partial charge in [-0.1, -0.05) is 77.7 Å². The average molecular weight is 657 g/mol. The van der Waals surface area contributed by atoms with Gasteiger partial charge in [0.25, 0.3) is 10.0 Å². The summed E-state index contributed by atoms with van der Waals surface area (Å²) in [5.74, 6) is -0.418. The van der Waals surface area contributed by atoms with Crippen molar-refractivity contribution in [3.8, 4) is 5.75 Å². The van der Waals surface area contributed by atoms with E-state index in [2.05, 4.69) is 21.2 Å². The van der Waals surface area contributed by atoms with E-state index in [1.54, 1.807) is 49.4 Å². The van der Waals surface area contributed by atoms with E-state index in [4.69, 9.17) is 4.74 Å². The number of nitrogens with zero attached hydrogens (tertiary/aromatic N) is 2. The van der Waals surface area contributed by atoms with Crippen LogP contribution in [0.2, 0.25) is 0 Å². The van der Waals surface area contributed by atoms with E-state index >= 15 is 0 Å². The minimum Gasteiger partial charge on any atom is -0.492 e. The number of benzene rings is 3. The van der Waals surface area contributed by atoms with Gasteiger partial charge in [0.1, 0.15) is 18.3 Å². The van der Waals surface area contributed by atoms with E-state index in [1.807, 2.05) is 31.2 Å². The number of sulfonamides is 1. The smallest absolute Gasteiger partial charge is 0.264 e. The maximum atomic E-state index is 14.2. The summed E-state index contributed by atoms with van der Waals surface area (Å²) in [6.45, 7) is 3.43. The molecule has 1 saturated carbocycles. The Morgan fingerprint density at radius 1 is 0.976 bits per heavy atom. The van der Waals surface area contributed by atoms with Crippen molar-refractivity contribution in [2.45, 2.75) is 69.5 Å². The zero-order valence-corrected chi connectivity index (χ0v) is 26.4. The van der Waals surface area contributed by atoms with Gasteiger partial charge in [0.2, 0.25) is 11.8 Å². The van der Waals surface area contributed by atoms with Crippen LogP contribution in [-0.4, -0.2) is 50.4 Å². The number of hydrogen-bond acceptors (Lipinski definition) is 5. The third kappa shape index (κ3) is 7.92. The number of rotatable bonds is 12. The van der Waals surface area contributed by atoms with Crippen molar-refractivity contribution in [2.75, 3.05) is 17.5 Å². The molecule has 1 aliphatic rings.